The van der Waals surface area contributed by atoms with Gasteiger partial charge in [0, 0.05) is 28.6 Å². The van der Waals surface area contributed by atoms with Crippen molar-refractivity contribution in [1.29, 1.82) is 0 Å². The highest BCUT2D eigenvalue weighted by Gasteiger charge is 2.15. The van der Waals surface area contributed by atoms with Crippen LogP contribution in [-0.4, -0.2) is 15.1 Å². The van der Waals surface area contributed by atoms with Gasteiger partial charge in [0.2, 0.25) is 0 Å². The van der Waals surface area contributed by atoms with Crippen LogP contribution in [0.4, 0.5) is 5.69 Å². The summed E-state index contributed by atoms with van der Waals surface area (Å²) >= 11 is 1.61. The molecular weight excluding hydrogens is 330 g/mol. The maximum atomic E-state index is 10.3. The maximum absolute atomic E-state index is 10.3. The smallest absolute Gasteiger partial charge is 0.159 e. The van der Waals surface area contributed by atoms with Gasteiger partial charge >= 0.3 is 0 Å². The lowest BCUT2D eigenvalue weighted by molar-refractivity contribution is 0.477. The summed E-state index contributed by atoms with van der Waals surface area (Å²) in [5, 5.41) is 14.4. The zero-order valence-electron chi connectivity index (χ0n) is 13.3. The van der Waals surface area contributed by atoms with Gasteiger partial charge in [-0.05, 0) is 58.8 Å². The number of benzene rings is 2. The minimum Gasteiger partial charge on any atom is -0.507 e. The summed E-state index contributed by atoms with van der Waals surface area (Å²) < 4.78 is 0. The van der Waals surface area contributed by atoms with E-state index in [1.54, 1.807) is 23.5 Å². The molecular formula is C20H15N3OS. The van der Waals surface area contributed by atoms with Gasteiger partial charge in [0.25, 0.3) is 0 Å². The van der Waals surface area contributed by atoms with Gasteiger partial charge in [-0.1, -0.05) is 12.1 Å². The van der Waals surface area contributed by atoms with Crippen LogP contribution in [0.25, 0.3) is 33.8 Å². The largest absolute Gasteiger partial charge is 0.507 e. The number of aromatic hydroxyl groups is 1. The molecule has 0 unspecified atom stereocenters. The van der Waals surface area contributed by atoms with Crippen molar-refractivity contribution in [3.63, 3.8) is 0 Å². The molecule has 5 heteroatoms. The SMILES string of the molecule is Nc1ccc(-c2ncc(-c3ccsc3)c(-c3ccccc3O)n2)cc1. The van der Waals surface area contributed by atoms with Crippen LogP contribution in [0.5, 0.6) is 5.75 Å². The number of anilines is 1. The molecule has 0 spiro atoms. The van der Waals surface area contributed by atoms with Crippen molar-refractivity contribution in [2.24, 2.45) is 0 Å². The number of nitrogens with zero attached hydrogens (tertiary/aromatic N) is 2. The van der Waals surface area contributed by atoms with E-state index in [1.807, 2.05) is 59.4 Å². The first kappa shape index (κ1) is 15.4. The molecule has 0 atom stereocenters. The highest BCUT2D eigenvalue weighted by atomic mass is 32.1. The molecule has 0 aliphatic carbocycles. The van der Waals surface area contributed by atoms with Crippen molar-refractivity contribution in [2.45, 2.75) is 0 Å². The Morgan fingerprint density at radius 3 is 2.40 bits per heavy atom. The van der Waals surface area contributed by atoms with Gasteiger partial charge in [0.15, 0.2) is 5.82 Å². The van der Waals surface area contributed by atoms with Crippen molar-refractivity contribution in [2.75, 3.05) is 5.73 Å². The van der Waals surface area contributed by atoms with E-state index >= 15 is 0 Å². The minimum absolute atomic E-state index is 0.195. The van der Waals surface area contributed by atoms with E-state index in [0.717, 1.165) is 16.7 Å². The van der Waals surface area contributed by atoms with Crippen molar-refractivity contribution in [1.82, 2.24) is 9.97 Å². The molecule has 0 radical (unpaired) electrons. The molecule has 2 aromatic carbocycles. The second-order valence-electron chi connectivity index (χ2n) is 5.61. The topological polar surface area (TPSA) is 72.0 Å². The standard InChI is InChI=1S/C20H15N3OS/c21-15-7-5-13(6-8-15)20-22-11-17(14-9-10-25-12-14)19(23-20)16-3-1-2-4-18(16)24/h1-12,24H,21H2. The van der Waals surface area contributed by atoms with E-state index in [9.17, 15) is 5.11 Å². The summed E-state index contributed by atoms with van der Waals surface area (Å²) in [5.74, 6) is 0.790. The minimum atomic E-state index is 0.195. The third-order valence-electron chi connectivity index (χ3n) is 3.95. The maximum Gasteiger partial charge on any atom is 0.159 e. The van der Waals surface area contributed by atoms with Crippen LogP contribution in [0.2, 0.25) is 0 Å². The molecule has 4 rings (SSSR count). The van der Waals surface area contributed by atoms with Gasteiger partial charge in [-0.15, -0.1) is 0 Å². The summed E-state index contributed by atoms with van der Waals surface area (Å²) in [6.07, 6.45) is 1.81. The fourth-order valence-electron chi connectivity index (χ4n) is 2.66. The number of phenolic OH excluding ortho intramolecular Hbond substituents is 1. The van der Waals surface area contributed by atoms with Crippen LogP contribution in [0.1, 0.15) is 0 Å². The van der Waals surface area contributed by atoms with E-state index in [4.69, 9.17) is 10.7 Å². The molecule has 2 aromatic heterocycles. The fraction of sp³-hybridized carbons (Fsp3) is 0. The van der Waals surface area contributed by atoms with Gasteiger partial charge in [-0.25, -0.2) is 9.97 Å². The number of thiophene rings is 1. The normalized spacial score (nSPS) is 10.7. The number of rotatable bonds is 3. The fourth-order valence-corrected chi connectivity index (χ4v) is 3.32. The van der Waals surface area contributed by atoms with Crippen LogP contribution in [0.15, 0.2) is 71.6 Å². The van der Waals surface area contributed by atoms with Crippen LogP contribution < -0.4 is 5.73 Å². The average molecular weight is 345 g/mol. The first-order valence-electron chi connectivity index (χ1n) is 7.76. The molecule has 0 aliphatic heterocycles. The molecule has 0 bridgehead atoms. The quantitative estimate of drug-likeness (QED) is 0.522. The lowest BCUT2D eigenvalue weighted by Gasteiger charge is -2.11. The Labute approximate surface area is 149 Å². The molecule has 122 valence electrons. The summed E-state index contributed by atoms with van der Waals surface area (Å²) in [6, 6.07) is 16.7. The molecule has 0 fully saturated rings. The average Bonchev–Trinajstić information content (AvgIpc) is 3.17. The van der Waals surface area contributed by atoms with E-state index in [0.29, 0.717) is 22.8 Å². The Hall–Kier alpha value is -3.18. The predicted molar refractivity (Wildman–Crippen MR) is 102 cm³/mol. The number of hydrogen-bond acceptors (Lipinski definition) is 5. The van der Waals surface area contributed by atoms with Crippen LogP contribution in [0.3, 0.4) is 0 Å². The van der Waals surface area contributed by atoms with E-state index in [1.165, 1.54) is 0 Å². The molecule has 4 aromatic rings. The third kappa shape index (κ3) is 2.97. The van der Waals surface area contributed by atoms with Gasteiger partial charge in [0.05, 0.1) is 5.69 Å². The molecule has 25 heavy (non-hydrogen) atoms. The second kappa shape index (κ2) is 6.37. The lowest BCUT2D eigenvalue weighted by atomic mass is 10.0. The molecule has 4 nitrogen and oxygen atoms in total. The molecule has 3 N–H and O–H groups in total. The van der Waals surface area contributed by atoms with E-state index in [2.05, 4.69) is 4.98 Å². The first-order valence-corrected chi connectivity index (χ1v) is 8.70. The summed E-state index contributed by atoms with van der Waals surface area (Å²) in [6.45, 7) is 0. The van der Waals surface area contributed by atoms with Gasteiger partial charge in [-0.3, -0.25) is 0 Å². The van der Waals surface area contributed by atoms with Crippen molar-refractivity contribution in [3.8, 4) is 39.5 Å². The summed E-state index contributed by atoms with van der Waals surface area (Å²) in [7, 11) is 0. The van der Waals surface area contributed by atoms with Crippen molar-refractivity contribution in [3.05, 3.63) is 71.6 Å². The van der Waals surface area contributed by atoms with Gasteiger partial charge in [-0.2, -0.15) is 11.3 Å². The summed E-state index contributed by atoms with van der Waals surface area (Å²) in [5.41, 5.74) is 10.6. The van der Waals surface area contributed by atoms with E-state index < -0.39 is 0 Å². The third-order valence-corrected chi connectivity index (χ3v) is 4.63. The molecule has 0 amide bonds. The Kier molecular flexibility index (Phi) is 3.91. The first-order chi connectivity index (χ1) is 12.2. The van der Waals surface area contributed by atoms with Crippen LogP contribution >= 0.6 is 11.3 Å². The lowest BCUT2D eigenvalue weighted by Crippen LogP contribution is -1.96. The second-order valence-corrected chi connectivity index (χ2v) is 6.39. The Balaban J connectivity index is 1.93. The van der Waals surface area contributed by atoms with Crippen LogP contribution in [0, 0.1) is 0 Å². The molecule has 0 aliphatic rings. The Morgan fingerprint density at radius 2 is 1.68 bits per heavy atom. The number of nitrogens with two attached hydrogens (primary N) is 1. The predicted octanol–water partition coefficient (Wildman–Crippen LogP) is 4.83. The van der Waals surface area contributed by atoms with Gasteiger partial charge in [0.1, 0.15) is 5.75 Å². The number of hydrogen-bond donors (Lipinski definition) is 2. The van der Waals surface area contributed by atoms with E-state index in [-0.39, 0.29) is 5.75 Å². The van der Waals surface area contributed by atoms with Gasteiger partial charge < -0.3 is 10.8 Å². The highest BCUT2D eigenvalue weighted by molar-refractivity contribution is 7.08. The molecule has 0 saturated heterocycles. The number of aromatic nitrogens is 2. The highest BCUT2D eigenvalue weighted by Crippen LogP contribution is 2.36. The Morgan fingerprint density at radius 1 is 0.880 bits per heavy atom. The van der Waals surface area contributed by atoms with Crippen LogP contribution in [-0.2, 0) is 0 Å². The zero-order valence-corrected chi connectivity index (χ0v) is 14.1. The number of phenols is 1. The number of nitrogen functional groups attached to an aromatic ring is 1. The Bertz CT molecular complexity index is 1010. The molecule has 0 saturated carbocycles. The molecule has 2 heterocycles. The van der Waals surface area contributed by atoms with Crippen molar-refractivity contribution < 1.29 is 5.11 Å². The monoisotopic (exact) mass is 345 g/mol. The summed E-state index contributed by atoms with van der Waals surface area (Å²) in [4.78, 5) is 9.27. The number of para-hydroxylation sites is 1. The zero-order chi connectivity index (χ0) is 17.2. The van der Waals surface area contributed by atoms with Crippen molar-refractivity contribution >= 4 is 17.0 Å².